The number of nitrogens with two attached hydrogens (primary N) is 1. The van der Waals surface area contributed by atoms with Gasteiger partial charge < -0.3 is 10.5 Å². The van der Waals surface area contributed by atoms with Crippen molar-refractivity contribution in [3.63, 3.8) is 0 Å². The molecule has 0 aliphatic heterocycles. The summed E-state index contributed by atoms with van der Waals surface area (Å²) < 4.78 is 5.77. The van der Waals surface area contributed by atoms with Gasteiger partial charge in [0.1, 0.15) is 6.10 Å². The minimum absolute atomic E-state index is 0.0195. The van der Waals surface area contributed by atoms with Crippen molar-refractivity contribution in [2.24, 2.45) is 29.4 Å². The van der Waals surface area contributed by atoms with E-state index in [1.807, 2.05) is 0 Å². The van der Waals surface area contributed by atoms with Crippen LogP contribution in [0, 0.1) is 23.7 Å². The number of hydrogen-bond acceptors (Lipinski definition) is 3. The number of ether oxygens (including phenoxy) is 1. The number of carbonyl (C=O) groups excluding carboxylic acids is 1. The van der Waals surface area contributed by atoms with E-state index in [1.165, 1.54) is 25.7 Å². The topological polar surface area (TPSA) is 52.3 Å². The molecule has 2 aliphatic carbocycles. The predicted molar refractivity (Wildman–Crippen MR) is 76.5 cm³/mol. The molecule has 3 heteroatoms. The van der Waals surface area contributed by atoms with E-state index in [0.29, 0.717) is 30.1 Å². The molecule has 110 valence electrons. The molecule has 0 aromatic carbocycles. The summed E-state index contributed by atoms with van der Waals surface area (Å²) in [6.45, 7) is 6.72. The van der Waals surface area contributed by atoms with Gasteiger partial charge in [-0.2, -0.15) is 0 Å². The Kier molecular flexibility index (Phi) is 4.88. The summed E-state index contributed by atoms with van der Waals surface area (Å²) in [5.41, 5.74) is 6.01. The zero-order chi connectivity index (χ0) is 14.0. The number of rotatable bonds is 5. The Morgan fingerprint density at radius 1 is 1.26 bits per heavy atom. The zero-order valence-electron chi connectivity index (χ0n) is 12.6. The van der Waals surface area contributed by atoms with Gasteiger partial charge in [-0.05, 0) is 49.4 Å². The van der Waals surface area contributed by atoms with E-state index in [9.17, 15) is 4.79 Å². The molecule has 4 atom stereocenters. The fraction of sp³-hybridized carbons (Fsp3) is 0.938. The van der Waals surface area contributed by atoms with E-state index >= 15 is 0 Å². The van der Waals surface area contributed by atoms with Crippen LogP contribution in [0.4, 0.5) is 0 Å². The molecule has 2 aliphatic rings. The van der Waals surface area contributed by atoms with Gasteiger partial charge in [0.2, 0.25) is 0 Å². The molecule has 0 aromatic heterocycles. The molecule has 4 unspecified atom stereocenters. The van der Waals surface area contributed by atoms with Crippen LogP contribution in [0.5, 0.6) is 0 Å². The summed E-state index contributed by atoms with van der Waals surface area (Å²) in [7, 11) is 0. The predicted octanol–water partition coefficient (Wildman–Crippen LogP) is 3.12. The average Bonchev–Trinajstić information content (AvgIpc) is 3.11. The molecule has 0 bridgehead atoms. The third-order valence-corrected chi connectivity index (χ3v) is 4.87. The second kappa shape index (κ2) is 6.25. The maximum absolute atomic E-state index is 12.0. The largest absolute Gasteiger partial charge is 0.462 e. The van der Waals surface area contributed by atoms with Gasteiger partial charge in [0, 0.05) is 6.04 Å². The van der Waals surface area contributed by atoms with Gasteiger partial charge in [-0.1, -0.05) is 27.2 Å². The van der Waals surface area contributed by atoms with E-state index in [-0.39, 0.29) is 18.1 Å². The molecule has 0 saturated heterocycles. The summed E-state index contributed by atoms with van der Waals surface area (Å²) in [4.78, 5) is 12.0. The van der Waals surface area contributed by atoms with Crippen LogP contribution in [0.3, 0.4) is 0 Å². The Balaban J connectivity index is 1.84. The first-order chi connectivity index (χ1) is 8.97. The van der Waals surface area contributed by atoms with Gasteiger partial charge in [-0.15, -0.1) is 0 Å². The highest BCUT2D eigenvalue weighted by Gasteiger charge is 2.35. The molecule has 0 amide bonds. The van der Waals surface area contributed by atoms with E-state index < -0.39 is 0 Å². The Bertz CT molecular complexity index is 312. The SMILES string of the molecule is CC1CCC(C(C)C)C(OC(=O)CC(N)C2CC2)C1. The molecule has 2 saturated carbocycles. The van der Waals surface area contributed by atoms with Gasteiger partial charge in [0.05, 0.1) is 6.42 Å². The number of carbonyl (C=O) groups is 1. The van der Waals surface area contributed by atoms with Crippen molar-refractivity contribution in [3.05, 3.63) is 0 Å². The van der Waals surface area contributed by atoms with Crippen molar-refractivity contribution >= 4 is 5.97 Å². The summed E-state index contributed by atoms with van der Waals surface area (Å²) in [5, 5.41) is 0. The standard InChI is InChI=1S/C16H29NO2/c1-10(2)13-7-4-11(3)8-15(13)19-16(18)9-14(17)12-5-6-12/h10-15H,4-9,17H2,1-3H3. The van der Waals surface area contributed by atoms with Crippen LogP contribution in [0.25, 0.3) is 0 Å². The summed E-state index contributed by atoms with van der Waals surface area (Å²) in [6, 6.07) is 0.0195. The lowest BCUT2D eigenvalue weighted by atomic mass is 9.75. The Morgan fingerprint density at radius 2 is 1.95 bits per heavy atom. The maximum atomic E-state index is 12.0. The normalized spacial score (nSPS) is 33.2. The molecule has 0 aromatic rings. The monoisotopic (exact) mass is 267 g/mol. The Labute approximate surface area is 117 Å². The van der Waals surface area contributed by atoms with Gasteiger partial charge >= 0.3 is 5.97 Å². The third kappa shape index (κ3) is 4.20. The van der Waals surface area contributed by atoms with Crippen LogP contribution < -0.4 is 5.73 Å². The lowest BCUT2D eigenvalue weighted by molar-refractivity contribution is -0.156. The van der Waals surface area contributed by atoms with Gasteiger partial charge in [-0.3, -0.25) is 4.79 Å². The molecular weight excluding hydrogens is 238 g/mol. The Hall–Kier alpha value is -0.570. The van der Waals surface area contributed by atoms with Crippen molar-refractivity contribution in [1.82, 2.24) is 0 Å². The molecular formula is C16H29NO2. The van der Waals surface area contributed by atoms with E-state index in [2.05, 4.69) is 20.8 Å². The van der Waals surface area contributed by atoms with Crippen LogP contribution in [-0.2, 0) is 9.53 Å². The number of esters is 1. The van der Waals surface area contributed by atoms with Gasteiger partial charge in [0.25, 0.3) is 0 Å². The van der Waals surface area contributed by atoms with Crippen molar-refractivity contribution in [1.29, 1.82) is 0 Å². The highest BCUT2D eigenvalue weighted by molar-refractivity contribution is 5.70. The fourth-order valence-electron chi connectivity index (χ4n) is 3.35. The molecule has 0 radical (unpaired) electrons. The lowest BCUT2D eigenvalue weighted by Gasteiger charge is -2.36. The summed E-state index contributed by atoms with van der Waals surface area (Å²) in [5.74, 6) is 2.27. The van der Waals surface area contributed by atoms with Gasteiger partial charge in [0.15, 0.2) is 0 Å². The molecule has 0 heterocycles. The summed E-state index contributed by atoms with van der Waals surface area (Å²) >= 11 is 0. The highest BCUT2D eigenvalue weighted by atomic mass is 16.5. The fourth-order valence-corrected chi connectivity index (χ4v) is 3.35. The van der Waals surface area contributed by atoms with E-state index in [0.717, 1.165) is 6.42 Å². The van der Waals surface area contributed by atoms with Crippen LogP contribution >= 0.6 is 0 Å². The molecule has 3 nitrogen and oxygen atoms in total. The lowest BCUT2D eigenvalue weighted by Crippen LogP contribution is -2.37. The van der Waals surface area contributed by atoms with Crippen molar-refractivity contribution in [2.45, 2.75) is 71.4 Å². The van der Waals surface area contributed by atoms with Crippen LogP contribution in [0.1, 0.15) is 59.3 Å². The maximum Gasteiger partial charge on any atom is 0.307 e. The minimum atomic E-state index is -0.0795. The van der Waals surface area contributed by atoms with Gasteiger partial charge in [-0.25, -0.2) is 0 Å². The molecule has 19 heavy (non-hydrogen) atoms. The summed E-state index contributed by atoms with van der Waals surface area (Å²) in [6.07, 6.45) is 6.35. The smallest absolute Gasteiger partial charge is 0.307 e. The zero-order valence-corrected chi connectivity index (χ0v) is 12.6. The van der Waals surface area contributed by atoms with Crippen molar-refractivity contribution in [2.75, 3.05) is 0 Å². The van der Waals surface area contributed by atoms with Crippen LogP contribution in [-0.4, -0.2) is 18.1 Å². The molecule has 2 N–H and O–H groups in total. The quantitative estimate of drug-likeness (QED) is 0.779. The molecule has 0 spiro atoms. The number of hydrogen-bond donors (Lipinski definition) is 1. The first-order valence-corrected chi connectivity index (χ1v) is 7.92. The Morgan fingerprint density at radius 3 is 2.53 bits per heavy atom. The van der Waals surface area contributed by atoms with Crippen LogP contribution in [0.2, 0.25) is 0 Å². The third-order valence-electron chi connectivity index (χ3n) is 4.87. The van der Waals surface area contributed by atoms with Crippen LogP contribution in [0.15, 0.2) is 0 Å². The highest BCUT2D eigenvalue weighted by Crippen LogP contribution is 2.36. The first kappa shape index (κ1) is 14.8. The minimum Gasteiger partial charge on any atom is -0.462 e. The average molecular weight is 267 g/mol. The first-order valence-electron chi connectivity index (χ1n) is 7.92. The molecule has 2 rings (SSSR count). The van der Waals surface area contributed by atoms with Crippen molar-refractivity contribution < 1.29 is 9.53 Å². The molecule has 2 fully saturated rings. The van der Waals surface area contributed by atoms with Crippen molar-refractivity contribution in [3.8, 4) is 0 Å². The van der Waals surface area contributed by atoms with E-state index in [4.69, 9.17) is 10.5 Å². The second-order valence-corrected chi connectivity index (χ2v) is 7.06. The second-order valence-electron chi connectivity index (χ2n) is 7.06. The van der Waals surface area contributed by atoms with E-state index in [1.54, 1.807) is 0 Å².